The molecule has 1 aliphatic carbocycles. The summed E-state index contributed by atoms with van der Waals surface area (Å²) in [6.45, 7) is 2.67. The Balaban J connectivity index is 1.63. The number of amides is 1. The van der Waals surface area contributed by atoms with Crippen molar-refractivity contribution < 1.29 is 18.8 Å². The monoisotopic (exact) mass is 344 g/mol. The predicted molar refractivity (Wildman–Crippen MR) is 93.3 cm³/mol. The first-order valence-electron chi connectivity index (χ1n) is 8.59. The number of aromatic nitrogens is 1. The third-order valence-electron chi connectivity index (χ3n) is 4.67. The van der Waals surface area contributed by atoms with Crippen LogP contribution in [0.3, 0.4) is 0 Å². The van der Waals surface area contributed by atoms with Crippen LogP contribution in [0.4, 0.5) is 0 Å². The van der Waals surface area contributed by atoms with Crippen LogP contribution in [0.1, 0.15) is 40.7 Å². The van der Waals surface area contributed by atoms with Gasteiger partial charge in [0, 0.05) is 18.5 Å². The average Bonchev–Trinajstić information content (AvgIpc) is 3.04. The van der Waals surface area contributed by atoms with E-state index in [1.54, 1.807) is 14.2 Å². The molecule has 1 aliphatic rings. The molecule has 0 saturated carbocycles. The second-order valence-electron chi connectivity index (χ2n) is 6.46. The van der Waals surface area contributed by atoms with Crippen molar-refractivity contribution in [1.82, 2.24) is 10.5 Å². The lowest BCUT2D eigenvalue weighted by molar-refractivity contribution is 0.0944. The molecular weight excluding hydrogens is 320 g/mol. The van der Waals surface area contributed by atoms with Gasteiger partial charge in [0.05, 0.1) is 14.2 Å². The summed E-state index contributed by atoms with van der Waals surface area (Å²) in [6.07, 6.45) is 3.44. The van der Waals surface area contributed by atoms with Crippen LogP contribution >= 0.6 is 0 Å². The first-order valence-corrected chi connectivity index (χ1v) is 8.59. The maximum atomic E-state index is 12.5. The summed E-state index contributed by atoms with van der Waals surface area (Å²) in [4.78, 5) is 12.5. The lowest BCUT2D eigenvalue weighted by Crippen LogP contribution is -2.27. The van der Waals surface area contributed by atoms with Gasteiger partial charge in [0.1, 0.15) is 17.3 Å². The molecule has 0 unspecified atom stereocenters. The highest BCUT2D eigenvalue weighted by molar-refractivity contribution is 5.93. The number of methoxy groups -OCH3 is 2. The van der Waals surface area contributed by atoms with Crippen LogP contribution in [0, 0.1) is 5.92 Å². The zero-order valence-corrected chi connectivity index (χ0v) is 14.9. The lowest BCUT2D eigenvalue weighted by Gasteiger charge is -2.16. The van der Waals surface area contributed by atoms with Crippen LogP contribution in [0.2, 0.25) is 0 Å². The number of carbonyl (C=O) groups excluding carboxylic acids is 1. The first-order chi connectivity index (χ1) is 12.1. The summed E-state index contributed by atoms with van der Waals surface area (Å²) in [5.74, 6) is 2.78. The van der Waals surface area contributed by atoms with E-state index in [4.69, 9.17) is 14.0 Å². The van der Waals surface area contributed by atoms with Gasteiger partial charge in [-0.2, -0.15) is 0 Å². The Morgan fingerprint density at radius 3 is 2.96 bits per heavy atom. The molecule has 25 heavy (non-hydrogen) atoms. The Morgan fingerprint density at radius 2 is 2.20 bits per heavy atom. The number of ether oxygens (including phenoxy) is 2. The van der Waals surface area contributed by atoms with Gasteiger partial charge in [0.15, 0.2) is 5.69 Å². The van der Waals surface area contributed by atoms with Crippen molar-refractivity contribution in [2.75, 3.05) is 20.8 Å². The molecule has 0 radical (unpaired) electrons. The maximum Gasteiger partial charge on any atom is 0.273 e. The lowest BCUT2D eigenvalue weighted by atomic mass is 9.88. The van der Waals surface area contributed by atoms with Crippen molar-refractivity contribution in [2.24, 2.45) is 5.92 Å². The molecule has 2 aromatic rings. The van der Waals surface area contributed by atoms with Gasteiger partial charge >= 0.3 is 0 Å². The number of rotatable bonds is 6. The van der Waals surface area contributed by atoms with E-state index >= 15 is 0 Å². The Morgan fingerprint density at radius 1 is 1.36 bits per heavy atom. The van der Waals surface area contributed by atoms with Gasteiger partial charge < -0.3 is 19.3 Å². The van der Waals surface area contributed by atoms with E-state index in [2.05, 4.69) is 17.4 Å². The molecule has 1 atom stereocenters. The molecule has 1 aromatic carbocycles. The zero-order valence-electron chi connectivity index (χ0n) is 14.9. The minimum atomic E-state index is -0.180. The standard InChI is InChI=1S/C19H24N2O4/c1-12-4-6-17-15(10-12)18(21-25-17)19(22)20-9-8-13-11-14(23-2)5-7-16(13)24-3/h5,7,11-12H,4,6,8-10H2,1-3H3,(H,20,22)/t12-/m1/s1. The molecule has 1 amide bonds. The van der Waals surface area contributed by atoms with Crippen molar-refractivity contribution in [3.8, 4) is 11.5 Å². The van der Waals surface area contributed by atoms with Crippen LogP contribution in [-0.2, 0) is 19.3 Å². The van der Waals surface area contributed by atoms with E-state index in [1.165, 1.54) is 0 Å². The molecule has 1 heterocycles. The van der Waals surface area contributed by atoms with Crippen molar-refractivity contribution in [3.63, 3.8) is 0 Å². The predicted octanol–water partition coefficient (Wildman–Crippen LogP) is 2.79. The molecule has 1 N–H and O–H groups in total. The molecule has 0 spiro atoms. The fourth-order valence-corrected chi connectivity index (χ4v) is 3.23. The average molecular weight is 344 g/mol. The SMILES string of the molecule is COc1ccc(OC)c(CCNC(=O)c2noc3c2C[C@H](C)CC3)c1. The second kappa shape index (κ2) is 7.59. The number of hydrogen-bond donors (Lipinski definition) is 1. The largest absolute Gasteiger partial charge is 0.497 e. The van der Waals surface area contributed by atoms with E-state index in [0.29, 0.717) is 24.6 Å². The molecule has 6 nitrogen and oxygen atoms in total. The molecule has 0 bridgehead atoms. The third-order valence-corrected chi connectivity index (χ3v) is 4.67. The summed E-state index contributed by atoms with van der Waals surface area (Å²) in [5, 5.41) is 6.92. The summed E-state index contributed by atoms with van der Waals surface area (Å²) in [5.41, 5.74) is 2.38. The molecule has 0 aliphatic heterocycles. The number of nitrogens with zero attached hydrogens (tertiary/aromatic N) is 1. The van der Waals surface area contributed by atoms with Gasteiger partial charge in [-0.15, -0.1) is 0 Å². The highest BCUT2D eigenvalue weighted by atomic mass is 16.5. The molecular formula is C19H24N2O4. The molecule has 3 rings (SSSR count). The first kappa shape index (κ1) is 17.3. The van der Waals surface area contributed by atoms with E-state index in [1.807, 2.05) is 18.2 Å². The summed E-state index contributed by atoms with van der Waals surface area (Å²) in [7, 11) is 3.26. The van der Waals surface area contributed by atoms with Gasteiger partial charge in [-0.1, -0.05) is 12.1 Å². The quantitative estimate of drug-likeness (QED) is 0.872. The van der Waals surface area contributed by atoms with Gasteiger partial charge in [-0.3, -0.25) is 4.79 Å². The van der Waals surface area contributed by atoms with Crippen LogP contribution in [0.5, 0.6) is 11.5 Å². The zero-order chi connectivity index (χ0) is 17.8. The van der Waals surface area contributed by atoms with Crippen LogP contribution < -0.4 is 14.8 Å². The van der Waals surface area contributed by atoms with E-state index in [9.17, 15) is 4.79 Å². The van der Waals surface area contributed by atoms with Gasteiger partial charge in [-0.05, 0) is 48.9 Å². The fourth-order valence-electron chi connectivity index (χ4n) is 3.23. The van der Waals surface area contributed by atoms with Crippen LogP contribution in [0.15, 0.2) is 22.7 Å². The van der Waals surface area contributed by atoms with E-state index in [0.717, 1.165) is 47.6 Å². The molecule has 0 saturated heterocycles. The second-order valence-corrected chi connectivity index (χ2v) is 6.46. The van der Waals surface area contributed by atoms with Gasteiger partial charge in [0.2, 0.25) is 0 Å². The molecule has 0 fully saturated rings. The minimum absolute atomic E-state index is 0.180. The normalized spacial score (nSPS) is 16.2. The van der Waals surface area contributed by atoms with Gasteiger partial charge in [0.25, 0.3) is 5.91 Å². The molecule has 1 aromatic heterocycles. The number of fused-ring (bicyclic) bond motifs is 1. The topological polar surface area (TPSA) is 73.6 Å². The van der Waals surface area contributed by atoms with Crippen LogP contribution in [0.25, 0.3) is 0 Å². The Bertz CT molecular complexity index is 754. The third kappa shape index (κ3) is 3.78. The van der Waals surface area contributed by atoms with Crippen molar-refractivity contribution in [1.29, 1.82) is 0 Å². The van der Waals surface area contributed by atoms with E-state index in [-0.39, 0.29) is 5.91 Å². The molecule has 6 heteroatoms. The van der Waals surface area contributed by atoms with Crippen molar-refractivity contribution in [2.45, 2.75) is 32.6 Å². The fraction of sp³-hybridized carbons (Fsp3) is 0.474. The Hall–Kier alpha value is -2.50. The van der Waals surface area contributed by atoms with Crippen LogP contribution in [-0.4, -0.2) is 31.8 Å². The Kier molecular flexibility index (Phi) is 5.26. The highest BCUT2D eigenvalue weighted by Gasteiger charge is 2.26. The summed E-state index contributed by atoms with van der Waals surface area (Å²) < 4.78 is 16.0. The number of aryl methyl sites for hydroxylation is 1. The maximum absolute atomic E-state index is 12.5. The smallest absolute Gasteiger partial charge is 0.273 e. The highest BCUT2D eigenvalue weighted by Crippen LogP contribution is 2.28. The van der Waals surface area contributed by atoms with Crippen molar-refractivity contribution in [3.05, 3.63) is 40.8 Å². The number of nitrogens with one attached hydrogen (secondary N) is 1. The Labute approximate surface area is 147 Å². The van der Waals surface area contributed by atoms with E-state index < -0.39 is 0 Å². The summed E-state index contributed by atoms with van der Waals surface area (Å²) in [6, 6.07) is 5.64. The van der Waals surface area contributed by atoms with Gasteiger partial charge in [-0.25, -0.2) is 0 Å². The molecule has 134 valence electrons. The number of carbonyl (C=O) groups is 1. The van der Waals surface area contributed by atoms with Crippen molar-refractivity contribution >= 4 is 5.91 Å². The minimum Gasteiger partial charge on any atom is -0.497 e. The number of hydrogen-bond acceptors (Lipinski definition) is 5. The number of benzene rings is 1. The summed E-state index contributed by atoms with van der Waals surface area (Å²) >= 11 is 0.